The van der Waals surface area contributed by atoms with Gasteiger partial charge in [0, 0.05) is 23.5 Å². The van der Waals surface area contributed by atoms with E-state index in [1.165, 1.54) is 17.6 Å². The van der Waals surface area contributed by atoms with Gasteiger partial charge in [-0.05, 0) is 25.1 Å². The highest BCUT2D eigenvalue weighted by atomic mass is 16.1. The molecule has 80 valence electrons. The molecule has 0 aliphatic heterocycles. The van der Waals surface area contributed by atoms with Gasteiger partial charge in [-0.25, -0.2) is 0 Å². The van der Waals surface area contributed by atoms with E-state index in [9.17, 15) is 9.59 Å². The molecule has 1 aromatic carbocycles. The molecule has 16 heavy (non-hydrogen) atoms. The van der Waals surface area contributed by atoms with Gasteiger partial charge in [0.2, 0.25) is 0 Å². The average Bonchev–Trinajstić information content (AvgIpc) is 2.30. The van der Waals surface area contributed by atoms with E-state index < -0.39 is 0 Å². The van der Waals surface area contributed by atoms with Gasteiger partial charge in [-0.15, -0.1) is 0 Å². The number of carbonyl (C=O) groups is 1. The van der Waals surface area contributed by atoms with Crippen LogP contribution in [0.1, 0.15) is 17.3 Å². The lowest BCUT2D eigenvalue weighted by Gasteiger charge is -2.05. The summed E-state index contributed by atoms with van der Waals surface area (Å²) in [5.74, 6) is -0.0997. The van der Waals surface area contributed by atoms with Crippen LogP contribution in [0, 0.1) is 0 Å². The third-order valence-corrected chi connectivity index (χ3v) is 2.36. The molecule has 0 bridgehead atoms. The second-order valence-corrected chi connectivity index (χ2v) is 3.52. The average molecular weight is 213 g/mol. The summed E-state index contributed by atoms with van der Waals surface area (Å²) in [4.78, 5) is 22.9. The first-order valence-corrected chi connectivity index (χ1v) is 4.97. The molecule has 1 heterocycles. The van der Waals surface area contributed by atoms with Crippen LogP contribution in [0.15, 0.2) is 53.5 Å². The molecule has 0 saturated carbocycles. The molecule has 0 spiro atoms. The van der Waals surface area contributed by atoms with Crippen LogP contribution in [0.3, 0.4) is 0 Å². The van der Waals surface area contributed by atoms with Crippen molar-refractivity contribution < 1.29 is 4.79 Å². The summed E-state index contributed by atoms with van der Waals surface area (Å²) in [6.07, 6.45) is 1.62. The van der Waals surface area contributed by atoms with E-state index in [1.54, 1.807) is 12.3 Å². The molecule has 0 amide bonds. The normalized spacial score (nSPS) is 10.1. The topological polar surface area (TPSA) is 39.1 Å². The molecule has 3 nitrogen and oxygen atoms in total. The molecular weight excluding hydrogens is 202 g/mol. The second kappa shape index (κ2) is 4.14. The molecule has 0 atom stereocenters. The number of carbonyl (C=O) groups excluding carboxylic acids is 1. The number of hydrogen-bond donors (Lipinski definition) is 0. The summed E-state index contributed by atoms with van der Waals surface area (Å²) >= 11 is 0. The van der Waals surface area contributed by atoms with Gasteiger partial charge in [-0.3, -0.25) is 14.2 Å². The molecule has 2 aromatic rings. The van der Waals surface area contributed by atoms with Gasteiger partial charge < -0.3 is 0 Å². The second-order valence-electron chi connectivity index (χ2n) is 3.52. The predicted octanol–water partition coefficient (Wildman–Crippen LogP) is 2.04. The third-order valence-electron chi connectivity index (χ3n) is 2.36. The Morgan fingerprint density at radius 3 is 2.38 bits per heavy atom. The van der Waals surface area contributed by atoms with Gasteiger partial charge in [0.15, 0.2) is 5.78 Å². The maximum absolute atomic E-state index is 11.8. The Balaban J connectivity index is 2.53. The fourth-order valence-corrected chi connectivity index (χ4v) is 1.50. The molecule has 0 saturated heterocycles. The Bertz CT molecular complexity index is 570. The Morgan fingerprint density at radius 1 is 1.12 bits per heavy atom. The molecule has 1 aromatic heterocycles. The fraction of sp³-hybridized carbons (Fsp3) is 0.0769. The van der Waals surface area contributed by atoms with Crippen molar-refractivity contribution in [2.24, 2.45) is 0 Å². The first-order valence-electron chi connectivity index (χ1n) is 4.97. The van der Waals surface area contributed by atoms with Gasteiger partial charge >= 0.3 is 0 Å². The van der Waals surface area contributed by atoms with Crippen molar-refractivity contribution in [2.45, 2.75) is 6.92 Å². The molecular formula is C13H11NO2. The third kappa shape index (κ3) is 1.93. The van der Waals surface area contributed by atoms with Crippen molar-refractivity contribution in [2.75, 3.05) is 0 Å². The molecule has 0 fully saturated rings. The molecule has 0 unspecified atom stereocenters. The molecule has 0 aliphatic carbocycles. The smallest absolute Gasteiger partial charge is 0.255 e. The van der Waals surface area contributed by atoms with Crippen LogP contribution in [-0.4, -0.2) is 10.4 Å². The van der Waals surface area contributed by atoms with Crippen molar-refractivity contribution in [3.63, 3.8) is 0 Å². The Hall–Kier alpha value is -2.16. The number of pyridine rings is 1. The largest absolute Gasteiger partial charge is 0.295 e. The molecule has 3 heteroatoms. The summed E-state index contributed by atoms with van der Waals surface area (Å²) in [6.45, 7) is 1.45. The first kappa shape index (κ1) is 10.4. The quantitative estimate of drug-likeness (QED) is 0.716. The Morgan fingerprint density at radius 2 is 1.81 bits per heavy atom. The number of para-hydroxylation sites is 1. The molecule has 0 aliphatic rings. The predicted molar refractivity (Wildman–Crippen MR) is 62.0 cm³/mol. The van der Waals surface area contributed by atoms with E-state index in [4.69, 9.17) is 0 Å². The summed E-state index contributed by atoms with van der Waals surface area (Å²) in [6, 6.07) is 12.3. The van der Waals surface area contributed by atoms with Crippen LogP contribution in [-0.2, 0) is 0 Å². The standard InChI is InChI=1S/C13H11NO2/c1-10(15)11-7-8-14(13(16)9-11)12-5-3-2-4-6-12/h2-9H,1H3. The number of benzene rings is 1. The maximum atomic E-state index is 11.8. The zero-order valence-electron chi connectivity index (χ0n) is 8.88. The van der Waals surface area contributed by atoms with E-state index >= 15 is 0 Å². The van der Waals surface area contributed by atoms with Crippen molar-refractivity contribution in [3.8, 4) is 5.69 Å². The summed E-state index contributed by atoms with van der Waals surface area (Å²) < 4.78 is 1.51. The van der Waals surface area contributed by atoms with Crippen molar-refractivity contribution in [1.82, 2.24) is 4.57 Å². The van der Waals surface area contributed by atoms with Crippen LogP contribution < -0.4 is 5.56 Å². The number of hydrogen-bond acceptors (Lipinski definition) is 2. The van der Waals surface area contributed by atoms with Gasteiger partial charge in [0.1, 0.15) is 0 Å². The van der Waals surface area contributed by atoms with E-state index in [0.29, 0.717) is 5.56 Å². The van der Waals surface area contributed by atoms with E-state index in [0.717, 1.165) is 5.69 Å². The van der Waals surface area contributed by atoms with E-state index in [1.807, 2.05) is 30.3 Å². The van der Waals surface area contributed by atoms with E-state index in [2.05, 4.69) is 0 Å². The SMILES string of the molecule is CC(=O)c1ccn(-c2ccccc2)c(=O)c1. The number of nitrogens with zero attached hydrogens (tertiary/aromatic N) is 1. The minimum atomic E-state index is -0.195. The Labute approximate surface area is 93.0 Å². The lowest BCUT2D eigenvalue weighted by Crippen LogP contribution is -2.17. The highest BCUT2D eigenvalue weighted by molar-refractivity contribution is 5.93. The Kier molecular flexibility index (Phi) is 2.68. The summed E-state index contributed by atoms with van der Waals surface area (Å²) in [7, 11) is 0. The lowest BCUT2D eigenvalue weighted by atomic mass is 10.2. The lowest BCUT2D eigenvalue weighted by molar-refractivity contribution is 0.101. The monoisotopic (exact) mass is 213 g/mol. The van der Waals surface area contributed by atoms with Crippen LogP contribution in [0.5, 0.6) is 0 Å². The van der Waals surface area contributed by atoms with Gasteiger partial charge in [-0.2, -0.15) is 0 Å². The molecule has 0 N–H and O–H groups in total. The van der Waals surface area contributed by atoms with Crippen molar-refractivity contribution in [3.05, 3.63) is 64.6 Å². The molecule has 0 radical (unpaired) electrons. The summed E-state index contributed by atoms with van der Waals surface area (Å²) in [5, 5.41) is 0. The zero-order valence-corrected chi connectivity index (χ0v) is 8.88. The van der Waals surface area contributed by atoms with Crippen LogP contribution >= 0.6 is 0 Å². The first-order chi connectivity index (χ1) is 7.68. The maximum Gasteiger partial charge on any atom is 0.255 e. The minimum Gasteiger partial charge on any atom is -0.295 e. The van der Waals surface area contributed by atoms with Gasteiger partial charge in [0.25, 0.3) is 5.56 Å². The van der Waals surface area contributed by atoms with Crippen molar-refractivity contribution in [1.29, 1.82) is 0 Å². The minimum absolute atomic E-state index is 0.0997. The number of Topliss-reactive ketones (excluding diaryl/α,β-unsaturated/α-hetero) is 1. The van der Waals surface area contributed by atoms with Crippen molar-refractivity contribution >= 4 is 5.78 Å². The number of ketones is 1. The zero-order chi connectivity index (χ0) is 11.5. The van der Waals surface area contributed by atoms with Crippen LogP contribution in [0.2, 0.25) is 0 Å². The van der Waals surface area contributed by atoms with Gasteiger partial charge in [-0.1, -0.05) is 18.2 Å². The van der Waals surface area contributed by atoms with E-state index in [-0.39, 0.29) is 11.3 Å². The molecule has 2 rings (SSSR count). The van der Waals surface area contributed by atoms with Crippen LogP contribution in [0.4, 0.5) is 0 Å². The summed E-state index contributed by atoms with van der Waals surface area (Å²) in [5.41, 5.74) is 1.04. The van der Waals surface area contributed by atoms with Crippen LogP contribution in [0.25, 0.3) is 5.69 Å². The highest BCUT2D eigenvalue weighted by Crippen LogP contribution is 2.04. The highest BCUT2D eigenvalue weighted by Gasteiger charge is 2.03. The number of rotatable bonds is 2. The fourth-order valence-electron chi connectivity index (χ4n) is 1.50. The van der Waals surface area contributed by atoms with Gasteiger partial charge in [0.05, 0.1) is 0 Å². The number of aromatic nitrogens is 1.